The zero-order valence-electron chi connectivity index (χ0n) is 12.8. The summed E-state index contributed by atoms with van der Waals surface area (Å²) in [5.74, 6) is 0.482. The van der Waals surface area contributed by atoms with Crippen LogP contribution in [-0.2, 0) is 19.7 Å². The van der Waals surface area contributed by atoms with E-state index in [9.17, 15) is 13.2 Å². The predicted molar refractivity (Wildman–Crippen MR) is 83.5 cm³/mol. The summed E-state index contributed by atoms with van der Waals surface area (Å²) >= 11 is 0. The Morgan fingerprint density at radius 3 is 2.55 bits per heavy atom. The number of sulfonamides is 1. The topological polar surface area (TPSA) is 102 Å². The molecule has 0 radical (unpaired) electrons. The Balaban J connectivity index is 2.09. The number of oxime groups is 1. The van der Waals surface area contributed by atoms with E-state index in [0.29, 0.717) is 13.0 Å². The van der Waals surface area contributed by atoms with Crippen LogP contribution in [0.5, 0.6) is 0 Å². The van der Waals surface area contributed by atoms with Gasteiger partial charge in [0.05, 0.1) is 11.8 Å². The van der Waals surface area contributed by atoms with E-state index in [4.69, 9.17) is 5.73 Å². The van der Waals surface area contributed by atoms with Crippen LogP contribution in [0.2, 0.25) is 0 Å². The van der Waals surface area contributed by atoms with Crippen molar-refractivity contribution in [1.82, 2.24) is 4.31 Å². The molecule has 0 amide bonds. The minimum absolute atomic E-state index is 0.0546. The fourth-order valence-corrected chi connectivity index (χ4v) is 5.55. The maximum absolute atomic E-state index is 12.7. The molecule has 126 valence electrons. The minimum Gasteiger partial charge on any atom is -0.383 e. The molecule has 0 spiro atoms. The summed E-state index contributed by atoms with van der Waals surface area (Å²) in [6.45, 7) is 0.633. The molecule has 0 bridgehead atoms. The highest BCUT2D eigenvalue weighted by Crippen LogP contribution is 2.28. The van der Waals surface area contributed by atoms with Crippen molar-refractivity contribution in [3.05, 3.63) is 0 Å². The Labute approximate surface area is 131 Å². The Kier molecular flexibility index (Phi) is 6.19. The smallest absolute Gasteiger partial charge is 0.323 e. The Bertz CT molecular complexity index is 500. The lowest BCUT2D eigenvalue weighted by atomic mass is 9.91. The van der Waals surface area contributed by atoms with Crippen molar-refractivity contribution in [3.8, 4) is 0 Å². The molecule has 2 rings (SSSR count). The summed E-state index contributed by atoms with van der Waals surface area (Å²) in [6, 6.07) is -0.498. The summed E-state index contributed by atoms with van der Waals surface area (Å²) in [5.41, 5.74) is 5.81. The molecule has 2 N–H and O–H groups in total. The minimum atomic E-state index is -3.37. The van der Waals surface area contributed by atoms with Crippen LogP contribution in [0.3, 0.4) is 0 Å². The van der Waals surface area contributed by atoms with E-state index in [1.165, 1.54) is 10.7 Å². The molecule has 22 heavy (non-hydrogen) atoms. The number of carbonyl (C=O) groups excluding carboxylic acids is 1. The third-order valence-electron chi connectivity index (χ3n) is 4.52. The molecule has 0 unspecified atom stereocenters. The van der Waals surface area contributed by atoms with Gasteiger partial charge in [-0.2, -0.15) is 4.31 Å². The van der Waals surface area contributed by atoms with Gasteiger partial charge in [-0.15, -0.1) is 0 Å². The molecule has 2 fully saturated rings. The molecule has 1 aliphatic heterocycles. The van der Waals surface area contributed by atoms with Gasteiger partial charge in [0.2, 0.25) is 10.0 Å². The fourth-order valence-electron chi connectivity index (χ4n) is 3.42. The number of hydrogen-bond donors (Lipinski definition) is 1. The first-order valence-corrected chi connectivity index (χ1v) is 9.58. The molecule has 2 aliphatic rings. The molecule has 0 aromatic rings. The highest BCUT2D eigenvalue weighted by molar-refractivity contribution is 7.89. The zero-order valence-corrected chi connectivity index (χ0v) is 13.6. The second-order valence-corrected chi connectivity index (χ2v) is 8.09. The maximum Gasteiger partial charge on any atom is 0.323 e. The van der Waals surface area contributed by atoms with Crippen LogP contribution in [0.1, 0.15) is 51.4 Å². The van der Waals surface area contributed by atoms with Gasteiger partial charge in [-0.25, -0.2) is 8.42 Å². The molecule has 0 aromatic carbocycles. The number of rotatable bonds is 6. The number of nitrogens with zero attached hydrogens (tertiary/aromatic N) is 2. The first-order chi connectivity index (χ1) is 10.5. The van der Waals surface area contributed by atoms with Gasteiger partial charge in [0.15, 0.2) is 5.84 Å². The predicted octanol–water partition coefficient (Wildman–Crippen LogP) is 1.20. The van der Waals surface area contributed by atoms with Gasteiger partial charge in [0.1, 0.15) is 0 Å². The lowest BCUT2D eigenvalue weighted by Gasteiger charge is -2.35. The Morgan fingerprint density at radius 1 is 1.18 bits per heavy atom. The van der Waals surface area contributed by atoms with Crippen LogP contribution < -0.4 is 5.73 Å². The number of carbonyl (C=O) groups is 1. The average Bonchev–Trinajstić information content (AvgIpc) is 2.53. The molecule has 7 nitrogen and oxygen atoms in total. The Hall–Kier alpha value is -1.15. The number of amidine groups is 1. The lowest BCUT2D eigenvalue weighted by Crippen LogP contribution is -2.51. The van der Waals surface area contributed by atoms with E-state index in [2.05, 4.69) is 9.99 Å². The molecule has 0 aromatic heterocycles. The third kappa shape index (κ3) is 4.42. The van der Waals surface area contributed by atoms with Crippen LogP contribution >= 0.6 is 0 Å². The van der Waals surface area contributed by atoms with E-state index in [1.807, 2.05) is 0 Å². The molecule has 1 heterocycles. The van der Waals surface area contributed by atoms with Crippen molar-refractivity contribution in [2.24, 2.45) is 16.8 Å². The third-order valence-corrected chi connectivity index (χ3v) is 6.57. The summed E-state index contributed by atoms with van der Waals surface area (Å²) < 4.78 is 27.0. The molecule has 1 saturated carbocycles. The molecule has 1 saturated heterocycles. The van der Waals surface area contributed by atoms with Crippen LogP contribution in [0.25, 0.3) is 0 Å². The van der Waals surface area contributed by atoms with Crippen molar-refractivity contribution >= 4 is 22.3 Å². The van der Waals surface area contributed by atoms with Gasteiger partial charge in [-0.3, -0.25) is 4.79 Å². The summed E-state index contributed by atoms with van der Waals surface area (Å²) in [7, 11) is -3.37. The second-order valence-electron chi connectivity index (χ2n) is 6.12. The van der Waals surface area contributed by atoms with E-state index >= 15 is 0 Å². The van der Waals surface area contributed by atoms with E-state index < -0.39 is 16.1 Å². The fraction of sp³-hybridized carbons (Fsp3) is 0.857. The molecular weight excluding hydrogens is 306 g/mol. The number of nitrogens with two attached hydrogens (primary N) is 1. The average molecular weight is 331 g/mol. The van der Waals surface area contributed by atoms with Crippen molar-refractivity contribution < 1.29 is 18.0 Å². The number of hydrogen-bond acceptors (Lipinski definition) is 5. The molecular formula is C14H25N3O4S. The van der Waals surface area contributed by atoms with Crippen LogP contribution in [0.15, 0.2) is 5.16 Å². The summed E-state index contributed by atoms with van der Waals surface area (Å²) in [6.07, 6.45) is 7.71. The lowest BCUT2D eigenvalue weighted by molar-refractivity contribution is -0.128. The van der Waals surface area contributed by atoms with Crippen molar-refractivity contribution in [2.75, 3.05) is 12.3 Å². The van der Waals surface area contributed by atoms with Crippen LogP contribution in [-0.4, -0.2) is 43.4 Å². The normalized spacial score (nSPS) is 25.8. The Morgan fingerprint density at radius 2 is 1.86 bits per heavy atom. The van der Waals surface area contributed by atoms with Crippen molar-refractivity contribution in [2.45, 2.75) is 57.4 Å². The van der Waals surface area contributed by atoms with Gasteiger partial charge in [0, 0.05) is 6.54 Å². The van der Waals surface area contributed by atoms with E-state index in [1.54, 1.807) is 0 Å². The van der Waals surface area contributed by atoms with E-state index in [-0.39, 0.29) is 24.0 Å². The second kappa shape index (κ2) is 7.92. The highest BCUT2D eigenvalue weighted by Gasteiger charge is 2.36. The summed E-state index contributed by atoms with van der Waals surface area (Å²) in [5, 5.41) is 3.50. The van der Waals surface area contributed by atoms with E-state index in [0.717, 1.165) is 38.5 Å². The molecule has 1 atom stereocenters. The van der Waals surface area contributed by atoms with Gasteiger partial charge < -0.3 is 10.6 Å². The van der Waals surface area contributed by atoms with Gasteiger partial charge in [-0.1, -0.05) is 30.8 Å². The molecule has 1 aliphatic carbocycles. The van der Waals surface area contributed by atoms with Crippen molar-refractivity contribution in [3.63, 3.8) is 0 Å². The van der Waals surface area contributed by atoms with Gasteiger partial charge >= 0.3 is 6.47 Å². The molecule has 8 heteroatoms. The van der Waals surface area contributed by atoms with Crippen molar-refractivity contribution in [1.29, 1.82) is 0 Å². The highest BCUT2D eigenvalue weighted by atomic mass is 32.2. The van der Waals surface area contributed by atoms with Crippen LogP contribution in [0.4, 0.5) is 0 Å². The maximum atomic E-state index is 12.7. The van der Waals surface area contributed by atoms with Gasteiger partial charge in [0.25, 0.3) is 0 Å². The SMILES string of the molecule is N/C(=N/OC=O)[C@@H]1CCCCN1S(=O)(=O)CC1CCCCC1. The van der Waals surface area contributed by atoms with Crippen LogP contribution in [0, 0.1) is 5.92 Å². The first kappa shape index (κ1) is 17.2. The first-order valence-electron chi connectivity index (χ1n) is 7.97. The zero-order chi connectivity index (χ0) is 16.0. The van der Waals surface area contributed by atoms with Gasteiger partial charge in [-0.05, 0) is 31.6 Å². The monoisotopic (exact) mass is 331 g/mol. The number of piperidine rings is 1. The summed E-state index contributed by atoms with van der Waals surface area (Å²) in [4.78, 5) is 14.5. The standard InChI is InChI=1S/C14H25N3O4S/c15-14(16-21-11-18)13-8-4-5-9-17(13)22(19,20)10-12-6-2-1-3-7-12/h11-13H,1-10H2,(H2,15,16)/t13-/m0/s1. The largest absolute Gasteiger partial charge is 0.383 e. The quantitative estimate of drug-likeness (QED) is 0.259.